The van der Waals surface area contributed by atoms with Gasteiger partial charge in [0, 0.05) is 6.54 Å². The van der Waals surface area contributed by atoms with Crippen molar-refractivity contribution in [3.05, 3.63) is 30.2 Å². The molecule has 2 aromatic rings. The van der Waals surface area contributed by atoms with Gasteiger partial charge in [-0.3, -0.25) is 0 Å². The molecular weight excluding hydrogens is 242 g/mol. The van der Waals surface area contributed by atoms with Crippen molar-refractivity contribution in [1.82, 2.24) is 10.1 Å². The average Bonchev–Trinajstić information content (AvgIpc) is 2.88. The Hall–Kier alpha value is -1.88. The monoisotopic (exact) mass is 259 g/mol. The van der Waals surface area contributed by atoms with Gasteiger partial charge in [-0.2, -0.15) is 4.98 Å². The first-order valence-corrected chi connectivity index (χ1v) is 6.47. The topological polar surface area (TPSA) is 74.2 Å². The molecule has 5 nitrogen and oxygen atoms in total. The molecule has 1 aliphatic rings. The van der Waals surface area contributed by atoms with Crippen LogP contribution in [0.1, 0.15) is 25.2 Å². The van der Waals surface area contributed by atoms with Gasteiger partial charge in [-0.1, -0.05) is 23.7 Å². The van der Waals surface area contributed by atoms with E-state index in [1.54, 1.807) is 7.11 Å². The van der Waals surface area contributed by atoms with Crippen LogP contribution in [0.3, 0.4) is 0 Å². The third kappa shape index (κ3) is 1.90. The molecule has 0 spiro atoms. The van der Waals surface area contributed by atoms with Crippen LogP contribution in [-0.2, 0) is 5.41 Å². The largest absolute Gasteiger partial charge is 0.496 e. The Morgan fingerprint density at radius 3 is 2.79 bits per heavy atom. The molecule has 0 aliphatic heterocycles. The number of ether oxygens (including phenoxy) is 1. The normalized spacial score (nSPS) is 16.9. The zero-order valence-electron chi connectivity index (χ0n) is 10.9. The van der Waals surface area contributed by atoms with Gasteiger partial charge in [0.1, 0.15) is 5.75 Å². The standard InChI is InChI=1S/C14H17N3O2/c1-18-11-6-3-2-5-10(11)12-16-13(19-17-12)14(9-15)7-4-8-14/h2-3,5-6H,4,7-9,15H2,1H3. The van der Waals surface area contributed by atoms with Crippen LogP contribution >= 0.6 is 0 Å². The molecule has 0 atom stereocenters. The molecule has 5 heteroatoms. The zero-order valence-corrected chi connectivity index (χ0v) is 10.9. The molecule has 1 aliphatic carbocycles. The number of nitrogens with zero attached hydrogens (tertiary/aromatic N) is 2. The van der Waals surface area contributed by atoms with Crippen molar-refractivity contribution in [2.75, 3.05) is 13.7 Å². The maximum atomic E-state index is 5.85. The van der Waals surface area contributed by atoms with Crippen molar-refractivity contribution in [1.29, 1.82) is 0 Å². The van der Waals surface area contributed by atoms with Crippen LogP contribution in [0.2, 0.25) is 0 Å². The SMILES string of the molecule is COc1ccccc1-c1noc(C2(CN)CCC2)n1. The Kier molecular flexibility index (Phi) is 2.98. The smallest absolute Gasteiger partial charge is 0.234 e. The van der Waals surface area contributed by atoms with Gasteiger partial charge in [-0.15, -0.1) is 0 Å². The highest BCUT2D eigenvalue weighted by atomic mass is 16.5. The fraction of sp³-hybridized carbons (Fsp3) is 0.429. The molecule has 1 heterocycles. The number of rotatable bonds is 4. The molecule has 1 aromatic carbocycles. The molecule has 0 radical (unpaired) electrons. The number of hydrogen-bond acceptors (Lipinski definition) is 5. The molecule has 0 unspecified atom stereocenters. The van der Waals surface area contributed by atoms with E-state index in [1.807, 2.05) is 24.3 Å². The Morgan fingerprint density at radius 1 is 1.37 bits per heavy atom. The summed E-state index contributed by atoms with van der Waals surface area (Å²) in [7, 11) is 1.63. The second-order valence-electron chi connectivity index (χ2n) is 4.96. The zero-order chi connectivity index (χ0) is 13.3. The van der Waals surface area contributed by atoms with Gasteiger partial charge >= 0.3 is 0 Å². The molecule has 1 fully saturated rings. The van der Waals surface area contributed by atoms with Crippen molar-refractivity contribution in [2.24, 2.45) is 5.73 Å². The minimum absolute atomic E-state index is 0.104. The van der Waals surface area contributed by atoms with Crippen molar-refractivity contribution < 1.29 is 9.26 Å². The summed E-state index contributed by atoms with van der Waals surface area (Å²) in [5.41, 5.74) is 6.59. The van der Waals surface area contributed by atoms with Gasteiger partial charge in [-0.25, -0.2) is 0 Å². The lowest BCUT2D eigenvalue weighted by atomic mass is 9.69. The summed E-state index contributed by atoms with van der Waals surface area (Å²) < 4.78 is 10.7. The van der Waals surface area contributed by atoms with Gasteiger partial charge in [0.15, 0.2) is 0 Å². The van der Waals surface area contributed by atoms with E-state index in [2.05, 4.69) is 10.1 Å². The van der Waals surface area contributed by atoms with Gasteiger partial charge in [0.2, 0.25) is 11.7 Å². The summed E-state index contributed by atoms with van der Waals surface area (Å²) in [6.07, 6.45) is 3.22. The lowest BCUT2D eigenvalue weighted by Gasteiger charge is -2.36. The van der Waals surface area contributed by atoms with Crippen LogP contribution in [0.5, 0.6) is 5.75 Å². The van der Waals surface area contributed by atoms with Gasteiger partial charge < -0.3 is 15.0 Å². The highest BCUT2D eigenvalue weighted by Crippen LogP contribution is 2.42. The summed E-state index contributed by atoms with van der Waals surface area (Å²) in [6, 6.07) is 7.64. The maximum absolute atomic E-state index is 5.85. The summed E-state index contributed by atoms with van der Waals surface area (Å²) in [4.78, 5) is 4.52. The van der Waals surface area contributed by atoms with Crippen LogP contribution < -0.4 is 10.5 Å². The third-order valence-electron chi connectivity index (χ3n) is 3.93. The third-order valence-corrected chi connectivity index (χ3v) is 3.93. The van der Waals surface area contributed by atoms with Crippen LogP contribution in [0.25, 0.3) is 11.4 Å². The van der Waals surface area contributed by atoms with Crippen molar-refractivity contribution in [2.45, 2.75) is 24.7 Å². The molecule has 2 N–H and O–H groups in total. The molecular formula is C14H17N3O2. The minimum Gasteiger partial charge on any atom is -0.496 e. The van der Waals surface area contributed by atoms with E-state index < -0.39 is 0 Å². The average molecular weight is 259 g/mol. The van der Waals surface area contributed by atoms with Gasteiger partial charge in [0.05, 0.1) is 18.1 Å². The minimum atomic E-state index is -0.104. The van der Waals surface area contributed by atoms with Crippen LogP contribution in [0.4, 0.5) is 0 Å². The Bertz CT molecular complexity index is 570. The molecule has 100 valence electrons. The van der Waals surface area contributed by atoms with E-state index in [0.29, 0.717) is 18.3 Å². The first kappa shape index (κ1) is 12.2. The summed E-state index contributed by atoms with van der Waals surface area (Å²) in [5.74, 6) is 1.96. The molecule has 3 rings (SSSR count). The number of aromatic nitrogens is 2. The van der Waals surface area contributed by atoms with Crippen molar-refractivity contribution in [3.63, 3.8) is 0 Å². The number of para-hydroxylation sites is 1. The summed E-state index contributed by atoms with van der Waals surface area (Å²) >= 11 is 0. The number of methoxy groups -OCH3 is 1. The van der Waals surface area contributed by atoms with E-state index in [-0.39, 0.29) is 5.41 Å². The van der Waals surface area contributed by atoms with Crippen LogP contribution in [0.15, 0.2) is 28.8 Å². The Labute approximate surface area is 111 Å². The van der Waals surface area contributed by atoms with Crippen LogP contribution in [0, 0.1) is 0 Å². The second-order valence-corrected chi connectivity index (χ2v) is 4.96. The van der Waals surface area contributed by atoms with E-state index in [0.717, 1.165) is 24.2 Å². The first-order valence-electron chi connectivity index (χ1n) is 6.47. The predicted octanol–water partition coefficient (Wildman–Crippen LogP) is 2.13. The highest BCUT2D eigenvalue weighted by molar-refractivity contribution is 5.63. The van der Waals surface area contributed by atoms with E-state index in [9.17, 15) is 0 Å². The fourth-order valence-electron chi connectivity index (χ4n) is 2.49. The van der Waals surface area contributed by atoms with E-state index in [1.165, 1.54) is 6.42 Å². The molecule has 0 saturated heterocycles. The maximum Gasteiger partial charge on any atom is 0.234 e. The van der Waals surface area contributed by atoms with E-state index >= 15 is 0 Å². The van der Waals surface area contributed by atoms with Crippen molar-refractivity contribution in [3.8, 4) is 17.1 Å². The molecule has 0 bridgehead atoms. The van der Waals surface area contributed by atoms with Crippen molar-refractivity contribution >= 4 is 0 Å². The summed E-state index contributed by atoms with van der Waals surface area (Å²) in [6.45, 7) is 0.556. The van der Waals surface area contributed by atoms with Gasteiger partial charge in [-0.05, 0) is 25.0 Å². The summed E-state index contributed by atoms with van der Waals surface area (Å²) in [5, 5.41) is 4.07. The van der Waals surface area contributed by atoms with Crippen LogP contribution in [-0.4, -0.2) is 23.8 Å². The fourth-order valence-corrected chi connectivity index (χ4v) is 2.49. The molecule has 1 saturated carbocycles. The first-order chi connectivity index (χ1) is 9.29. The number of benzene rings is 1. The second kappa shape index (κ2) is 4.66. The van der Waals surface area contributed by atoms with Gasteiger partial charge in [0.25, 0.3) is 0 Å². The highest BCUT2D eigenvalue weighted by Gasteiger charge is 2.42. The lowest BCUT2D eigenvalue weighted by molar-refractivity contribution is 0.182. The quantitative estimate of drug-likeness (QED) is 0.910. The lowest BCUT2D eigenvalue weighted by Crippen LogP contribution is -2.41. The molecule has 0 amide bonds. The predicted molar refractivity (Wildman–Crippen MR) is 70.9 cm³/mol. The number of nitrogens with two attached hydrogens (primary N) is 1. The Balaban J connectivity index is 1.97. The molecule has 19 heavy (non-hydrogen) atoms. The van der Waals surface area contributed by atoms with E-state index in [4.69, 9.17) is 15.0 Å². The Morgan fingerprint density at radius 2 is 2.16 bits per heavy atom. The number of hydrogen-bond donors (Lipinski definition) is 1. The molecule has 1 aromatic heterocycles.